The van der Waals surface area contributed by atoms with Crippen molar-refractivity contribution in [2.45, 2.75) is 33.2 Å². The van der Waals surface area contributed by atoms with Gasteiger partial charge in [0.25, 0.3) is 11.8 Å². The molecule has 5 nitrogen and oxygen atoms in total. The minimum Gasteiger partial charge on any atom is -0.326 e. The van der Waals surface area contributed by atoms with E-state index in [9.17, 15) is 14.4 Å². The summed E-state index contributed by atoms with van der Waals surface area (Å²) in [5.41, 5.74) is -0.758. The molecule has 0 aromatic heterocycles. The molecule has 3 amide bonds. The van der Waals surface area contributed by atoms with Gasteiger partial charge in [0.1, 0.15) is 0 Å². The van der Waals surface area contributed by atoms with Gasteiger partial charge in [-0.3, -0.25) is 19.3 Å². The fourth-order valence-corrected chi connectivity index (χ4v) is 2.04. The van der Waals surface area contributed by atoms with Crippen LogP contribution >= 0.6 is 0 Å². The van der Waals surface area contributed by atoms with Crippen LogP contribution < -0.4 is 5.32 Å². The highest BCUT2D eigenvalue weighted by molar-refractivity contribution is 6.24. The molecule has 1 aliphatic rings. The van der Waals surface area contributed by atoms with Gasteiger partial charge in [-0.15, -0.1) is 0 Å². The third-order valence-corrected chi connectivity index (χ3v) is 2.76. The molecule has 5 heteroatoms. The Hall–Kier alpha value is -2.17. The largest absolute Gasteiger partial charge is 0.326 e. The predicted octanol–water partition coefficient (Wildman–Crippen LogP) is 2.04. The summed E-state index contributed by atoms with van der Waals surface area (Å²) >= 11 is 0. The molecule has 1 aliphatic heterocycles. The molecule has 0 spiro atoms. The van der Waals surface area contributed by atoms with E-state index in [1.165, 1.54) is 13.0 Å². The van der Waals surface area contributed by atoms with Gasteiger partial charge in [-0.2, -0.15) is 0 Å². The van der Waals surface area contributed by atoms with Crippen LogP contribution in [0.2, 0.25) is 0 Å². The summed E-state index contributed by atoms with van der Waals surface area (Å²) in [4.78, 5) is 37.3. The Morgan fingerprint density at radius 2 is 1.95 bits per heavy atom. The molecule has 0 saturated carbocycles. The molecule has 100 valence electrons. The van der Waals surface area contributed by atoms with Crippen LogP contribution in [0, 0.1) is 0 Å². The molecule has 0 unspecified atom stereocenters. The van der Waals surface area contributed by atoms with Crippen molar-refractivity contribution in [3.63, 3.8) is 0 Å². The highest BCUT2D eigenvalue weighted by atomic mass is 16.2. The van der Waals surface area contributed by atoms with E-state index in [-0.39, 0.29) is 28.9 Å². The minimum absolute atomic E-state index is 0.00822. The molecule has 2 rings (SSSR count). The third kappa shape index (κ3) is 2.12. The summed E-state index contributed by atoms with van der Waals surface area (Å²) in [6.45, 7) is 6.40. The van der Waals surface area contributed by atoms with E-state index in [4.69, 9.17) is 2.74 Å². The summed E-state index contributed by atoms with van der Waals surface area (Å²) in [5.74, 6) is -1.53. The summed E-state index contributed by atoms with van der Waals surface area (Å²) in [6.07, 6.45) is 0. The monoisotopic (exact) mass is 262 g/mol. The number of hydrogen-bond acceptors (Lipinski definition) is 3. The topological polar surface area (TPSA) is 66.5 Å². The van der Waals surface area contributed by atoms with Crippen molar-refractivity contribution in [3.8, 4) is 0 Å². The zero-order valence-electron chi connectivity index (χ0n) is 13.2. The van der Waals surface area contributed by atoms with Gasteiger partial charge in [0.15, 0.2) is 0 Å². The molecule has 1 aromatic rings. The second-order valence-corrected chi connectivity index (χ2v) is 5.38. The Bertz CT molecular complexity index is 678. The first-order valence-electron chi connectivity index (χ1n) is 6.86. The number of nitrogens with zero attached hydrogens (tertiary/aromatic N) is 1. The van der Waals surface area contributed by atoms with Crippen LogP contribution in [0.1, 0.15) is 51.2 Å². The van der Waals surface area contributed by atoms with Crippen LogP contribution in [0.15, 0.2) is 18.2 Å². The third-order valence-electron chi connectivity index (χ3n) is 2.76. The van der Waals surface area contributed by atoms with E-state index >= 15 is 0 Å². The van der Waals surface area contributed by atoms with Crippen LogP contribution in [-0.4, -0.2) is 28.2 Å². The Morgan fingerprint density at radius 3 is 2.47 bits per heavy atom. The van der Waals surface area contributed by atoms with E-state index in [0.29, 0.717) is 0 Å². The van der Waals surface area contributed by atoms with E-state index < -0.39 is 23.3 Å². The number of nitrogens with one attached hydrogen (secondary N) is 1. The number of hydrogen-bond donors (Lipinski definition) is 1. The van der Waals surface area contributed by atoms with Gasteiger partial charge < -0.3 is 5.32 Å². The summed E-state index contributed by atoms with van der Waals surface area (Å²) < 4.78 is 15.6. The Labute approximate surface area is 114 Å². The zero-order valence-corrected chi connectivity index (χ0v) is 11.2. The molecule has 19 heavy (non-hydrogen) atoms. The molecule has 0 aliphatic carbocycles. The highest BCUT2D eigenvalue weighted by Crippen LogP contribution is 2.33. The normalized spacial score (nSPS) is 16.1. The fourth-order valence-electron chi connectivity index (χ4n) is 2.04. The highest BCUT2D eigenvalue weighted by Gasteiger charge is 2.43. The second kappa shape index (κ2) is 4.19. The summed E-state index contributed by atoms with van der Waals surface area (Å²) in [5, 5.41) is 2.39. The maximum Gasteiger partial charge on any atom is 0.264 e. The number of carbonyl (C=O) groups is 3. The van der Waals surface area contributed by atoms with Crippen LogP contribution in [-0.2, 0) is 4.79 Å². The number of rotatable bonds is 1. The maximum atomic E-state index is 12.5. The van der Waals surface area contributed by atoms with E-state index in [0.717, 1.165) is 4.90 Å². The fraction of sp³-hybridized carbons (Fsp3) is 0.357. The zero-order chi connectivity index (χ0) is 16.1. The Kier molecular flexibility index (Phi) is 2.36. The minimum atomic E-state index is -0.731. The molecule has 1 heterocycles. The molecule has 0 saturated heterocycles. The second-order valence-electron chi connectivity index (χ2n) is 5.38. The van der Waals surface area contributed by atoms with Crippen molar-refractivity contribution in [2.75, 3.05) is 5.32 Å². The molecule has 1 aromatic carbocycles. The number of imide groups is 1. The molecule has 1 N–H and O–H groups in total. The van der Waals surface area contributed by atoms with Gasteiger partial charge in [0, 0.05) is 12.5 Å². The van der Waals surface area contributed by atoms with E-state index in [1.807, 2.05) is 0 Å². The Balaban J connectivity index is 2.72. The number of amides is 3. The number of fused-ring (bicyclic) bond motifs is 1. The standard InChI is InChI=1S/C14H16N2O3/c1-8(17)15-10-7-5-6-9-11(10)13(19)16(12(9)18)14(2,3)4/h5-7H,1-4H3,(H,15,17)/i5D,7D. The number of anilines is 1. The van der Waals surface area contributed by atoms with Crippen molar-refractivity contribution < 1.29 is 17.1 Å². The SMILES string of the molecule is [2H]c1cc2c(c(NC(C)=O)c1[2H])C(=O)N(C(C)(C)C)C2=O. The van der Waals surface area contributed by atoms with Gasteiger partial charge in [-0.05, 0) is 32.9 Å². The lowest BCUT2D eigenvalue weighted by molar-refractivity contribution is -0.114. The summed E-state index contributed by atoms with van der Waals surface area (Å²) in [7, 11) is 0. The van der Waals surface area contributed by atoms with Crippen LogP contribution in [0.5, 0.6) is 0 Å². The van der Waals surface area contributed by atoms with Gasteiger partial charge in [-0.1, -0.05) is 6.04 Å². The lowest BCUT2D eigenvalue weighted by Gasteiger charge is -2.29. The summed E-state index contributed by atoms with van der Waals surface area (Å²) in [6, 6.07) is 0.713. The average Bonchev–Trinajstić information content (AvgIpc) is 2.56. The van der Waals surface area contributed by atoms with Crippen molar-refractivity contribution in [2.24, 2.45) is 0 Å². The van der Waals surface area contributed by atoms with Crippen molar-refractivity contribution >= 4 is 23.4 Å². The Morgan fingerprint density at radius 1 is 1.32 bits per heavy atom. The maximum absolute atomic E-state index is 12.5. The average molecular weight is 262 g/mol. The van der Waals surface area contributed by atoms with Gasteiger partial charge >= 0.3 is 0 Å². The van der Waals surface area contributed by atoms with E-state index in [2.05, 4.69) is 5.32 Å². The molecule has 0 fully saturated rings. The number of benzene rings is 1. The van der Waals surface area contributed by atoms with Crippen LogP contribution in [0.25, 0.3) is 0 Å². The lowest BCUT2D eigenvalue weighted by atomic mass is 10.1. The first-order chi connectivity index (χ1) is 9.55. The van der Waals surface area contributed by atoms with Gasteiger partial charge in [-0.25, -0.2) is 0 Å². The van der Waals surface area contributed by atoms with Gasteiger partial charge in [0.05, 0.1) is 19.6 Å². The van der Waals surface area contributed by atoms with Crippen LogP contribution in [0.4, 0.5) is 5.69 Å². The first kappa shape index (κ1) is 10.7. The molecule has 0 atom stereocenters. The van der Waals surface area contributed by atoms with Crippen molar-refractivity contribution in [1.29, 1.82) is 0 Å². The smallest absolute Gasteiger partial charge is 0.264 e. The number of carbonyl (C=O) groups excluding carboxylic acids is 3. The molecular formula is C14H16N2O3. The van der Waals surface area contributed by atoms with Gasteiger partial charge in [0.2, 0.25) is 5.91 Å². The molecule has 0 radical (unpaired) electrons. The van der Waals surface area contributed by atoms with E-state index in [1.54, 1.807) is 20.8 Å². The predicted molar refractivity (Wildman–Crippen MR) is 71.0 cm³/mol. The van der Waals surface area contributed by atoms with Crippen LogP contribution in [0.3, 0.4) is 0 Å². The van der Waals surface area contributed by atoms with Crippen molar-refractivity contribution in [1.82, 2.24) is 4.90 Å². The van der Waals surface area contributed by atoms with Crippen molar-refractivity contribution in [3.05, 3.63) is 29.3 Å². The molecule has 0 bridgehead atoms. The quantitative estimate of drug-likeness (QED) is 0.787. The first-order valence-corrected chi connectivity index (χ1v) is 5.86. The lowest BCUT2D eigenvalue weighted by Crippen LogP contribution is -2.45. The molecular weight excluding hydrogens is 244 g/mol.